The smallest absolute Gasteiger partial charge is 0.337 e. The molecule has 60 valence electrons. The van der Waals surface area contributed by atoms with E-state index in [0.29, 0.717) is 6.08 Å². The highest BCUT2D eigenvalue weighted by molar-refractivity contribution is 4.99. The quantitative estimate of drug-likeness (QED) is 0.189. The summed E-state index contributed by atoms with van der Waals surface area (Å²) in [6.45, 7) is 0. The van der Waals surface area contributed by atoms with E-state index < -0.39 is 18.0 Å². The first-order chi connectivity index (χ1) is 4.34. The van der Waals surface area contributed by atoms with Crippen molar-refractivity contribution in [1.29, 1.82) is 0 Å². The zero-order valence-electron chi connectivity index (χ0n) is 4.97. The molecular weight excluding hydrogens is 142 g/mol. The lowest BCUT2D eigenvalue weighted by molar-refractivity contribution is -0.298. The van der Waals surface area contributed by atoms with E-state index in [1.807, 2.05) is 0 Å². The topological polar surface area (TPSA) is 127 Å². The van der Waals surface area contributed by atoms with E-state index in [0.717, 1.165) is 0 Å². The highest BCUT2D eigenvalue weighted by Gasteiger charge is 2.24. The van der Waals surface area contributed by atoms with Crippen LogP contribution in [0.5, 0.6) is 0 Å². The molecule has 0 aromatic rings. The summed E-state index contributed by atoms with van der Waals surface area (Å²) in [4.78, 5) is 0. The molecule has 6 nitrogen and oxygen atoms in total. The predicted molar refractivity (Wildman–Crippen MR) is 30.3 cm³/mol. The van der Waals surface area contributed by atoms with Crippen LogP contribution in [-0.2, 0) is 0 Å². The Bertz CT molecular complexity index is 135. The fourth-order valence-corrected chi connectivity index (χ4v) is 0.274. The number of hydrogen-bond acceptors (Lipinski definition) is 6. The lowest BCUT2D eigenvalue weighted by atomic mass is 10.4. The summed E-state index contributed by atoms with van der Waals surface area (Å²) in [5, 5.41) is 41.2. The van der Waals surface area contributed by atoms with E-state index >= 15 is 0 Å². The molecule has 0 aromatic carbocycles. The maximum atomic E-state index is 8.43. The lowest BCUT2D eigenvalue weighted by Gasteiger charge is -2.12. The Labute approximate surface area is 56.5 Å². The molecule has 0 fully saturated rings. The minimum absolute atomic E-state index is 0.472. The molecule has 0 radical (unpaired) electrons. The molecule has 10 heavy (non-hydrogen) atoms. The second-order valence-electron chi connectivity index (χ2n) is 1.68. The molecule has 0 spiro atoms. The molecular formula is C4H9NO5. The van der Waals surface area contributed by atoms with Gasteiger partial charge >= 0.3 is 5.97 Å². The predicted octanol–water partition coefficient (Wildman–Crippen LogP) is -2.66. The van der Waals surface area contributed by atoms with Crippen molar-refractivity contribution >= 4 is 0 Å². The van der Waals surface area contributed by atoms with Gasteiger partial charge in [0.05, 0.1) is 0 Å². The van der Waals surface area contributed by atoms with Gasteiger partial charge in [0.1, 0.15) is 6.23 Å². The fraction of sp³-hybridized carbons (Fsp3) is 0.500. The normalized spacial score (nSPS) is 17.1. The van der Waals surface area contributed by atoms with Crippen LogP contribution >= 0.6 is 0 Å². The molecule has 0 saturated heterocycles. The second-order valence-corrected chi connectivity index (χ2v) is 1.68. The summed E-state index contributed by atoms with van der Waals surface area (Å²) in [7, 11) is 0. The number of nitrogens with two attached hydrogens (primary N) is 1. The number of rotatable bonds is 2. The van der Waals surface area contributed by atoms with E-state index in [-0.39, 0.29) is 0 Å². The van der Waals surface area contributed by atoms with Crippen molar-refractivity contribution in [2.75, 3.05) is 0 Å². The monoisotopic (exact) mass is 151 g/mol. The first-order valence-electron chi connectivity index (χ1n) is 2.36. The third-order valence-corrected chi connectivity index (χ3v) is 0.672. The van der Waals surface area contributed by atoms with Gasteiger partial charge in [-0.2, -0.15) is 0 Å². The van der Waals surface area contributed by atoms with Crippen molar-refractivity contribution < 1.29 is 25.5 Å². The summed E-state index contributed by atoms with van der Waals surface area (Å²) >= 11 is 0. The zero-order valence-corrected chi connectivity index (χ0v) is 4.97. The van der Waals surface area contributed by atoms with Gasteiger partial charge in [0.2, 0.25) is 0 Å². The Balaban J connectivity index is 4.20. The van der Waals surface area contributed by atoms with Crippen LogP contribution < -0.4 is 5.73 Å². The summed E-state index contributed by atoms with van der Waals surface area (Å²) in [6.07, 6.45) is -1.08. The van der Waals surface area contributed by atoms with Crippen LogP contribution in [0.15, 0.2) is 11.8 Å². The summed E-state index contributed by atoms with van der Waals surface area (Å²) < 4.78 is 0. The largest absolute Gasteiger partial charge is 0.505 e. The van der Waals surface area contributed by atoms with E-state index in [1.54, 1.807) is 0 Å². The molecule has 0 aromatic heterocycles. The van der Waals surface area contributed by atoms with Crippen LogP contribution in [0, 0.1) is 0 Å². The van der Waals surface area contributed by atoms with E-state index in [9.17, 15) is 0 Å². The summed E-state index contributed by atoms with van der Waals surface area (Å²) in [5.41, 5.74) is 4.68. The second kappa shape index (κ2) is 2.95. The molecule has 6 heteroatoms. The van der Waals surface area contributed by atoms with Crippen molar-refractivity contribution in [3.05, 3.63) is 11.8 Å². The Morgan fingerprint density at radius 1 is 1.40 bits per heavy atom. The van der Waals surface area contributed by atoms with Crippen molar-refractivity contribution in [3.63, 3.8) is 0 Å². The molecule has 7 N–H and O–H groups in total. The van der Waals surface area contributed by atoms with E-state index in [1.165, 1.54) is 0 Å². The maximum Gasteiger partial charge on any atom is 0.337 e. The van der Waals surface area contributed by atoms with Gasteiger partial charge in [-0.15, -0.1) is 0 Å². The van der Waals surface area contributed by atoms with Crippen molar-refractivity contribution in [2.45, 2.75) is 12.2 Å². The Morgan fingerprint density at radius 3 is 1.90 bits per heavy atom. The van der Waals surface area contributed by atoms with Crippen LogP contribution in [0.3, 0.4) is 0 Å². The average Bonchev–Trinajstić information content (AvgIpc) is 1.60. The van der Waals surface area contributed by atoms with Crippen LogP contribution in [0.2, 0.25) is 0 Å². The molecule has 0 saturated carbocycles. The minimum atomic E-state index is -3.33. The van der Waals surface area contributed by atoms with Crippen molar-refractivity contribution in [2.24, 2.45) is 5.73 Å². The van der Waals surface area contributed by atoms with Crippen LogP contribution in [0.25, 0.3) is 0 Å². The van der Waals surface area contributed by atoms with Crippen molar-refractivity contribution in [1.82, 2.24) is 0 Å². The Kier molecular flexibility index (Phi) is 2.76. The molecule has 0 aliphatic carbocycles. The number of aliphatic hydroxyl groups excluding tert-OH is 2. The van der Waals surface area contributed by atoms with Gasteiger partial charge in [0.15, 0.2) is 5.76 Å². The fourth-order valence-electron chi connectivity index (χ4n) is 0.274. The van der Waals surface area contributed by atoms with Gasteiger partial charge in [-0.25, -0.2) is 0 Å². The molecule has 0 aliphatic heterocycles. The number of hydrogen-bond donors (Lipinski definition) is 6. The lowest BCUT2D eigenvalue weighted by Crippen LogP contribution is -2.31. The molecule has 0 aliphatic rings. The van der Waals surface area contributed by atoms with Crippen LogP contribution in [0.1, 0.15) is 0 Å². The molecule has 0 rings (SSSR count). The SMILES string of the molecule is NC(O)C=C(O)C(O)(O)O. The summed E-state index contributed by atoms with van der Waals surface area (Å²) in [5.74, 6) is -4.55. The van der Waals surface area contributed by atoms with Gasteiger partial charge in [-0.3, -0.25) is 0 Å². The first kappa shape index (κ1) is 9.34. The molecule has 0 bridgehead atoms. The third-order valence-electron chi connectivity index (χ3n) is 0.672. The molecule has 0 amide bonds. The summed E-state index contributed by atoms with van der Waals surface area (Å²) in [6, 6.07) is 0. The highest BCUT2D eigenvalue weighted by Crippen LogP contribution is 2.04. The van der Waals surface area contributed by atoms with E-state index in [2.05, 4.69) is 5.73 Å². The molecule has 1 unspecified atom stereocenters. The van der Waals surface area contributed by atoms with Crippen LogP contribution in [0.4, 0.5) is 0 Å². The van der Waals surface area contributed by atoms with Gasteiger partial charge in [-0.1, -0.05) is 0 Å². The minimum Gasteiger partial charge on any atom is -0.505 e. The van der Waals surface area contributed by atoms with Gasteiger partial charge < -0.3 is 31.3 Å². The maximum absolute atomic E-state index is 8.43. The zero-order chi connectivity index (χ0) is 8.36. The third kappa shape index (κ3) is 3.38. The van der Waals surface area contributed by atoms with Gasteiger partial charge in [0, 0.05) is 6.08 Å². The number of aliphatic hydroxyl groups is 5. The van der Waals surface area contributed by atoms with E-state index in [4.69, 9.17) is 25.5 Å². The Hall–Kier alpha value is -0.660. The Morgan fingerprint density at radius 2 is 1.80 bits per heavy atom. The van der Waals surface area contributed by atoms with Crippen LogP contribution in [-0.4, -0.2) is 37.7 Å². The average molecular weight is 151 g/mol. The standard InChI is InChI=1S/C4H9NO5/c5-3(7)1-2(6)4(8,9)10/h1,3,6-10H,5H2. The molecule has 1 atom stereocenters. The van der Waals surface area contributed by atoms with Crippen molar-refractivity contribution in [3.8, 4) is 0 Å². The highest BCUT2D eigenvalue weighted by atomic mass is 16.7. The van der Waals surface area contributed by atoms with Gasteiger partial charge in [0.25, 0.3) is 0 Å². The first-order valence-corrected chi connectivity index (χ1v) is 2.36. The van der Waals surface area contributed by atoms with Gasteiger partial charge in [-0.05, 0) is 0 Å². The molecule has 0 heterocycles.